The fraction of sp³-hybridized carbons (Fsp3) is 0.462. The summed E-state index contributed by atoms with van der Waals surface area (Å²) in [6.07, 6.45) is 2.55. The second-order valence-electron chi connectivity index (χ2n) is 4.79. The SMILES string of the molecule is Nc1cc([N+](=O)[O-])ccc1NCCC(=O)N1CCCC1. The summed E-state index contributed by atoms with van der Waals surface area (Å²) in [7, 11) is 0. The minimum atomic E-state index is -0.489. The minimum absolute atomic E-state index is 0.0406. The molecule has 1 aromatic carbocycles. The molecule has 0 bridgehead atoms. The molecule has 7 heteroatoms. The fourth-order valence-corrected chi connectivity index (χ4v) is 2.25. The van der Waals surface area contributed by atoms with Crippen molar-refractivity contribution < 1.29 is 9.72 Å². The standard InChI is InChI=1S/C13H18N4O3/c14-11-9-10(17(19)20)3-4-12(11)15-6-5-13(18)16-7-1-2-8-16/h3-4,9,15H,1-2,5-8,14H2. The number of nitro groups is 1. The molecule has 0 aliphatic carbocycles. The zero-order valence-corrected chi connectivity index (χ0v) is 11.2. The number of nitrogens with zero attached hydrogens (tertiary/aromatic N) is 2. The lowest BCUT2D eigenvalue weighted by Gasteiger charge is -2.15. The number of hydrogen-bond donors (Lipinski definition) is 2. The molecule has 0 atom stereocenters. The van der Waals surface area contributed by atoms with Crippen LogP contribution in [-0.4, -0.2) is 35.4 Å². The monoisotopic (exact) mass is 278 g/mol. The second-order valence-corrected chi connectivity index (χ2v) is 4.79. The number of nitro benzene ring substituents is 1. The molecule has 1 aliphatic heterocycles. The van der Waals surface area contributed by atoms with Crippen LogP contribution in [0, 0.1) is 10.1 Å². The smallest absolute Gasteiger partial charge is 0.271 e. The first-order chi connectivity index (χ1) is 9.58. The maximum absolute atomic E-state index is 11.8. The summed E-state index contributed by atoms with van der Waals surface area (Å²) in [6.45, 7) is 2.16. The number of carbonyl (C=O) groups is 1. The van der Waals surface area contributed by atoms with E-state index in [1.54, 1.807) is 6.07 Å². The minimum Gasteiger partial charge on any atom is -0.397 e. The van der Waals surface area contributed by atoms with E-state index in [1.165, 1.54) is 12.1 Å². The maximum Gasteiger partial charge on any atom is 0.271 e. The van der Waals surface area contributed by atoms with Crippen LogP contribution in [0.5, 0.6) is 0 Å². The van der Waals surface area contributed by atoms with Crippen LogP contribution in [0.25, 0.3) is 0 Å². The van der Waals surface area contributed by atoms with Crippen molar-refractivity contribution >= 4 is 23.0 Å². The number of likely N-dealkylation sites (tertiary alicyclic amines) is 1. The molecule has 0 radical (unpaired) electrons. The summed E-state index contributed by atoms with van der Waals surface area (Å²) in [5.74, 6) is 0.135. The van der Waals surface area contributed by atoms with Gasteiger partial charge >= 0.3 is 0 Å². The van der Waals surface area contributed by atoms with Crippen LogP contribution < -0.4 is 11.1 Å². The number of rotatable bonds is 5. The van der Waals surface area contributed by atoms with E-state index in [0.29, 0.717) is 24.3 Å². The molecule has 1 heterocycles. The molecule has 1 aliphatic rings. The number of benzene rings is 1. The lowest BCUT2D eigenvalue weighted by Crippen LogP contribution is -2.29. The number of hydrogen-bond acceptors (Lipinski definition) is 5. The van der Waals surface area contributed by atoms with Gasteiger partial charge in [0.2, 0.25) is 5.91 Å². The van der Waals surface area contributed by atoms with Crippen LogP contribution in [0.1, 0.15) is 19.3 Å². The maximum atomic E-state index is 11.8. The normalized spacial score (nSPS) is 14.3. The highest BCUT2D eigenvalue weighted by molar-refractivity contribution is 5.77. The first-order valence-corrected chi connectivity index (χ1v) is 6.63. The van der Waals surface area contributed by atoms with Gasteiger partial charge in [0.15, 0.2) is 0 Å². The summed E-state index contributed by atoms with van der Waals surface area (Å²) in [5, 5.41) is 13.6. The van der Waals surface area contributed by atoms with Crippen molar-refractivity contribution in [3.05, 3.63) is 28.3 Å². The van der Waals surface area contributed by atoms with Crippen molar-refractivity contribution in [3.8, 4) is 0 Å². The molecule has 2 rings (SSSR count). The van der Waals surface area contributed by atoms with Crippen LogP contribution in [0.4, 0.5) is 17.1 Å². The van der Waals surface area contributed by atoms with Gasteiger partial charge in [0.05, 0.1) is 16.3 Å². The van der Waals surface area contributed by atoms with Crippen LogP contribution in [0.2, 0.25) is 0 Å². The quantitative estimate of drug-likeness (QED) is 0.484. The summed E-state index contributed by atoms with van der Waals surface area (Å²) in [6, 6.07) is 4.26. The lowest BCUT2D eigenvalue weighted by atomic mass is 10.2. The summed E-state index contributed by atoms with van der Waals surface area (Å²) in [5.41, 5.74) is 6.62. The van der Waals surface area contributed by atoms with Gasteiger partial charge in [-0.2, -0.15) is 0 Å². The Balaban J connectivity index is 1.84. The predicted octanol–water partition coefficient (Wildman–Crippen LogP) is 1.60. The third-order valence-electron chi connectivity index (χ3n) is 3.36. The molecular weight excluding hydrogens is 260 g/mol. The molecule has 0 spiro atoms. The van der Waals surface area contributed by atoms with E-state index in [2.05, 4.69) is 5.32 Å². The number of amides is 1. The Bertz CT molecular complexity index is 512. The average Bonchev–Trinajstić information content (AvgIpc) is 2.94. The van der Waals surface area contributed by atoms with Crippen molar-refractivity contribution in [1.29, 1.82) is 0 Å². The molecule has 0 unspecified atom stereocenters. The van der Waals surface area contributed by atoms with Gasteiger partial charge in [0.25, 0.3) is 5.69 Å². The Hall–Kier alpha value is -2.31. The average molecular weight is 278 g/mol. The second kappa shape index (κ2) is 6.23. The summed E-state index contributed by atoms with van der Waals surface area (Å²) < 4.78 is 0. The zero-order chi connectivity index (χ0) is 14.5. The molecule has 3 N–H and O–H groups in total. The van der Waals surface area contributed by atoms with Gasteiger partial charge in [0, 0.05) is 38.2 Å². The van der Waals surface area contributed by atoms with Crippen molar-refractivity contribution in [3.63, 3.8) is 0 Å². The highest BCUT2D eigenvalue weighted by Crippen LogP contribution is 2.24. The molecule has 108 valence electrons. The van der Waals surface area contributed by atoms with Gasteiger partial charge in [-0.3, -0.25) is 14.9 Å². The first kappa shape index (κ1) is 14.1. The molecular formula is C13H18N4O3. The molecule has 0 aromatic heterocycles. The Morgan fingerprint density at radius 1 is 1.40 bits per heavy atom. The van der Waals surface area contributed by atoms with Gasteiger partial charge in [-0.25, -0.2) is 0 Å². The highest BCUT2D eigenvalue weighted by atomic mass is 16.6. The van der Waals surface area contributed by atoms with E-state index >= 15 is 0 Å². The van der Waals surface area contributed by atoms with Gasteiger partial charge in [-0.1, -0.05) is 0 Å². The fourth-order valence-electron chi connectivity index (χ4n) is 2.25. The van der Waals surface area contributed by atoms with E-state index in [1.807, 2.05) is 4.90 Å². The van der Waals surface area contributed by atoms with Crippen molar-refractivity contribution in [2.24, 2.45) is 0 Å². The Morgan fingerprint density at radius 2 is 2.10 bits per heavy atom. The number of nitrogen functional groups attached to an aromatic ring is 1. The number of carbonyl (C=O) groups excluding carboxylic acids is 1. The predicted molar refractivity (Wildman–Crippen MR) is 76.4 cm³/mol. The summed E-state index contributed by atoms with van der Waals surface area (Å²) in [4.78, 5) is 23.8. The molecule has 1 fully saturated rings. The number of anilines is 2. The Kier molecular flexibility index (Phi) is 4.39. The third kappa shape index (κ3) is 3.37. The third-order valence-corrected chi connectivity index (χ3v) is 3.36. The van der Waals surface area contributed by atoms with Gasteiger partial charge in [-0.15, -0.1) is 0 Å². The Labute approximate surface area is 116 Å². The zero-order valence-electron chi connectivity index (χ0n) is 11.2. The van der Waals surface area contributed by atoms with Crippen LogP contribution >= 0.6 is 0 Å². The lowest BCUT2D eigenvalue weighted by molar-refractivity contribution is -0.384. The van der Waals surface area contributed by atoms with E-state index in [-0.39, 0.29) is 11.6 Å². The van der Waals surface area contributed by atoms with Crippen LogP contribution in [0.3, 0.4) is 0 Å². The van der Waals surface area contributed by atoms with Gasteiger partial charge in [-0.05, 0) is 18.9 Å². The number of non-ortho nitro benzene ring substituents is 1. The number of nitrogens with two attached hydrogens (primary N) is 1. The Morgan fingerprint density at radius 3 is 2.70 bits per heavy atom. The summed E-state index contributed by atoms with van der Waals surface area (Å²) >= 11 is 0. The molecule has 7 nitrogen and oxygen atoms in total. The topological polar surface area (TPSA) is 101 Å². The number of nitrogens with one attached hydrogen (secondary N) is 1. The van der Waals surface area contributed by atoms with E-state index in [9.17, 15) is 14.9 Å². The highest BCUT2D eigenvalue weighted by Gasteiger charge is 2.17. The van der Waals surface area contributed by atoms with E-state index < -0.39 is 4.92 Å². The van der Waals surface area contributed by atoms with Gasteiger partial charge in [0.1, 0.15) is 0 Å². The van der Waals surface area contributed by atoms with Crippen molar-refractivity contribution in [2.45, 2.75) is 19.3 Å². The molecule has 1 amide bonds. The molecule has 1 saturated heterocycles. The van der Waals surface area contributed by atoms with Gasteiger partial charge < -0.3 is 16.0 Å². The first-order valence-electron chi connectivity index (χ1n) is 6.63. The van der Waals surface area contributed by atoms with Crippen molar-refractivity contribution in [2.75, 3.05) is 30.7 Å². The molecule has 0 saturated carbocycles. The van der Waals surface area contributed by atoms with Crippen molar-refractivity contribution in [1.82, 2.24) is 4.90 Å². The van der Waals surface area contributed by atoms with Crippen LogP contribution in [0.15, 0.2) is 18.2 Å². The van der Waals surface area contributed by atoms with Crippen LogP contribution in [-0.2, 0) is 4.79 Å². The largest absolute Gasteiger partial charge is 0.397 e. The van der Waals surface area contributed by atoms with E-state index in [0.717, 1.165) is 25.9 Å². The molecule has 20 heavy (non-hydrogen) atoms. The van der Waals surface area contributed by atoms with E-state index in [4.69, 9.17) is 5.73 Å². The molecule has 1 aromatic rings.